The van der Waals surface area contributed by atoms with E-state index < -0.39 is 119 Å². The quantitative estimate of drug-likeness (QED) is 0.0694. The van der Waals surface area contributed by atoms with Crippen LogP contribution < -0.4 is 40.4 Å². The van der Waals surface area contributed by atoms with Crippen LogP contribution in [0.5, 0.6) is 0 Å². The average molecular weight is 787 g/mol. The van der Waals surface area contributed by atoms with E-state index in [-0.39, 0.29) is 13.0 Å². The van der Waals surface area contributed by atoms with Gasteiger partial charge >= 0.3 is 0 Å². The molecule has 3 heterocycles. The van der Waals surface area contributed by atoms with Crippen LogP contribution >= 0.6 is 0 Å². The van der Waals surface area contributed by atoms with Crippen LogP contribution in [0.2, 0.25) is 0 Å². The molecule has 0 bridgehead atoms. The van der Waals surface area contributed by atoms with Gasteiger partial charge in [0.05, 0.1) is 24.8 Å². The molecule has 3 aliphatic rings. The summed E-state index contributed by atoms with van der Waals surface area (Å²) in [4.78, 5) is 0. The number of nitrogens with two attached hydrogens (primary N) is 2. The van der Waals surface area contributed by atoms with Gasteiger partial charge in [0.25, 0.3) is 0 Å². The van der Waals surface area contributed by atoms with Crippen molar-refractivity contribution in [1.29, 1.82) is 0 Å². The molecule has 0 radical (unpaired) electrons. The van der Waals surface area contributed by atoms with Crippen molar-refractivity contribution in [2.45, 2.75) is 125 Å². The van der Waals surface area contributed by atoms with Gasteiger partial charge in [0, 0.05) is 32.4 Å². The molecule has 3 fully saturated rings. The maximum absolute atomic E-state index is 11.2. The highest BCUT2D eigenvalue weighted by Gasteiger charge is 2.52. The highest BCUT2D eigenvalue weighted by Crippen LogP contribution is 2.31. The lowest BCUT2D eigenvalue weighted by Crippen LogP contribution is -2.78. The van der Waals surface area contributed by atoms with E-state index >= 15 is 0 Å². The van der Waals surface area contributed by atoms with E-state index in [4.69, 9.17) is 66.6 Å². The van der Waals surface area contributed by atoms with Crippen molar-refractivity contribution in [1.82, 2.24) is 0 Å². The highest BCUT2D eigenvalue weighted by atomic mass is 35.7. The molecule has 2 saturated heterocycles. The number of ether oxygens (including phenoxy) is 4. The number of aromatic nitrogens is 1. The van der Waals surface area contributed by atoms with Crippen LogP contribution in [0.25, 0.3) is 0 Å². The molecule has 23 nitrogen and oxygen atoms in total. The molecule has 51 heavy (non-hydrogen) atoms. The number of hydrogen-bond acceptors (Lipinski definition) is 20. The van der Waals surface area contributed by atoms with Gasteiger partial charge in [-0.15, -0.1) is 10.2 Å². The Morgan fingerprint density at radius 2 is 1.31 bits per heavy atom. The van der Waals surface area contributed by atoms with Gasteiger partial charge in [-0.25, -0.2) is 27.1 Å². The summed E-state index contributed by atoms with van der Waals surface area (Å²) in [6.07, 6.45) is -16.0. The topological polar surface area (TPSA) is 432 Å². The van der Waals surface area contributed by atoms with Crippen molar-refractivity contribution >= 4 is 10.4 Å². The number of nitrogens with zero attached hydrogens (tertiary/aromatic N) is 1. The molecule has 0 amide bonds. The summed E-state index contributed by atoms with van der Waals surface area (Å²) in [5.41, 5.74) is 19.1. The molecule has 0 aromatic carbocycles. The number of rotatable bonds is 7. The number of quaternary nitrogens is 1. The smallest absolute Gasteiger partial charge is 0.215 e. The number of aliphatic hydroxyl groups excluding tert-OH is 7. The molecule has 15 N–H and O–H groups in total. The van der Waals surface area contributed by atoms with E-state index in [0.717, 1.165) is 17.0 Å². The molecule has 0 spiro atoms. The van der Waals surface area contributed by atoms with Crippen molar-refractivity contribution < 1.29 is 111 Å². The number of halogens is 1. The molecule has 1 saturated carbocycles. The average Bonchev–Trinajstić information content (AvgIpc) is 2.98. The normalized spacial score (nSPS) is 38.9. The summed E-state index contributed by atoms with van der Waals surface area (Å²) >= 11 is 0. The maximum Gasteiger partial charge on any atom is 0.215 e. The molecule has 2 aliphatic heterocycles. The van der Waals surface area contributed by atoms with Gasteiger partial charge in [0.15, 0.2) is 30.5 Å². The fourth-order valence-electron chi connectivity index (χ4n) is 5.95. The minimum absolute atomic E-state index is 0.134. The summed E-state index contributed by atoms with van der Waals surface area (Å²) in [6.45, 7) is 5.37. The number of aryl methyl sites for hydroxylation is 3. The van der Waals surface area contributed by atoms with Crippen molar-refractivity contribution in [3.8, 4) is 0 Å². The van der Waals surface area contributed by atoms with E-state index in [0.29, 0.717) is 0 Å². The maximum atomic E-state index is 11.2. The summed E-state index contributed by atoms with van der Waals surface area (Å²) in [5, 5.41) is 73.4. The number of hydrogen-bond donors (Lipinski definition) is 11. The zero-order valence-electron chi connectivity index (χ0n) is 27.6. The van der Waals surface area contributed by atoms with Crippen LogP contribution in [0.4, 0.5) is 0 Å². The summed E-state index contributed by atoms with van der Waals surface area (Å²) in [6, 6.07) is 1.39. The molecular formula is C26H47ClN4O19S. The highest BCUT2D eigenvalue weighted by molar-refractivity contribution is 7.79. The Morgan fingerprint density at radius 3 is 1.80 bits per heavy atom. The Kier molecular flexibility index (Phi) is 16.8. The predicted octanol–water partition coefficient (Wildman–Crippen LogP) is -11.8. The molecular weight excluding hydrogens is 740 g/mol. The minimum Gasteiger partial charge on any atom is -0.726 e. The van der Waals surface area contributed by atoms with Crippen LogP contribution in [-0.4, -0.2) is 152 Å². The van der Waals surface area contributed by atoms with Gasteiger partial charge < -0.3 is 76.4 Å². The fourth-order valence-corrected chi connectivity index (χ4v) is 5.95. The molecule has 4 rings (SSSR count). The second-order valence-electron chi connectivity index (χ2n) is 12.4. The standard InChI is InChI=1S/C26H45N4O11.ClHO4.H2O4S/c1-9-4-10(2)30(11(3)5-9)7-14-19(33)22(36)23(37)26(39-14)38-13-6-12(27)16(28)24(20(13)34)41-25-21(35)17(29)18(32)15(8-31)40-25;2-1(3,4)5;1-5(2,3)4/h4-5,12-26,31-37H,6-8,27-29H2,1-3H3;(H,2,3,4,5);(H2,1,2,3,4)/q+1;;/p-1. The van der Waals surface area contributed by atoms with Crippen LogP contribution in [0.3, 0.4) is 0 Å². The Bertz CT molecular complexity index is 1320. The zero-order valence-corrected chi connectivity index (χ0v) is 29.2. The lowest BCUT2D eigenvalue weighted by Gasteiger charge is -2.47. The van der Waals surface area contributed by atoms with Crippen molar-refractivity contribution in [3.05, 3.63) is 29.1 Å². The predicted molar refractivity (Wildman–Crippen MR) is 151 cm³/mol. The summed E-state index contributed by atoms with van der Waals surface area (Å²) < 4.78 is 92.0. The summed E-state index contributed by atoms with van der Waals surface area (Å²) in [7, 11) is -9.86. The Balaban J connectivity index is 0.000000793. The SMILES string of the molecule is Cc1cc(C)[n+](CC2OC(OC3CC([NH3+])C(N)C(OC4OC(CO)C(O)C(N)C4O)C3O)C(O)C(O)C2O)c(C)c1.O=S(=O)([O-])O.[O-][Cl+3]([O-])([O-])[O-]. The van der Waals surface area contributed by atoms with Gasteiger partial charge in [-0.05, 0) is 12.5 Å². The lowest BCUT2D eigenvalue weighted by atomic mass is 9.84. The van der Waals surface area contributed by atoms with Gasteiger partial charge in [0.2, 0.25) is 10.4 Å². The molecule has 298 valence electrons. The van der Waals surface area contributed by atoms with Gasteiger partial charge in [-0.3, -0.25) is 4.55 Å². The van der Waals surface area contributed by atoms with Crippen molar-refractivity contribution in [2.24, 2.45) is 11.5 Å². The second kappa shape index (κ2) is 18.8. The van der Waals surface area contributed by atoms with E-state index in [1.54, 1.807) is 0 Å². The molecule has 15 unspecified atom stereocenters. The Morgan fingerprint density at radius 1 is 0.843 bits per heavy atom. The Hall–Kier alpha value is -1.41. The van der Waals surface area contributed by atoms with Gasteiger partial charge in [-0.2, -0.15) is 4.57 Å². The third-order valence-corrected chi connectivity index (χ3v) is 8.47. The molecule has 1 aliphatic carbocycles. The fraction of sp³-hybridized carbons (Fsp3) is 0.808. The Labute approximate surface area is 294 Å². The largest absolute Gasteiger partial charge is 0.726 e. The molecule has 25 heteroatoms. The van der Waals surface area contributed by atoms with Crippen molar-refractivity contribution in [3.63, 3.8) is 0 Å². The van der Waals surface area contributed by atoms with Crippen LogP contribution in [0, 0.1) is 31.0 Å². The first-order chi connectivity index (χ1) is 23.2. The van der Waals surface area contributed by atoms with Crippen LogP contribution in [0.15, 0.2) is 12.1 Å². The van der Waals surface area contributed by atoms with E-state index in [1.807, 2.05) is 37.5 Å². The first-order valence-electron chi connectivity index (χ1n) is 15.2. The van der Waals surface area contributed by atoms with Crippen molar-refractivity contribution in [2.75, 3.05) is 6.61 Å². The summed E-state index contributed by atoms with van der Waals surface area (Å²) in [5.74, 6) is 0. The van der Waals surface area contributed by atoms with Crippen LogP contribution in [0.1, 0.15) is 23.4 Å². The number of pyridine rings is 1. The van der Waals surface area contributed by atoms with Crippen LogP contribution in [-0.2, 0) is 35.9 Å². The molecule has 15 atom stereocenters. The third kappa shape index (κ3) is 13.4. The first-order valence-corrected chi connectivity index (χ1v) is 17.8. The van der Waals surface area contributed by atoms with E-state index in [2.05, 4.69) is 5.73 Å². The van der Waals surface area contributed by atoms with E-state index in [9.17, 15) is 35.7 Å². The second-order valence-corrected chi connectivity index (χ2v) is 14.0. The monoisotopic (exact) mass is 786 g/mol. The number of aliphatic hydroxyl groups is 7. The third-order valence-electron chi connectivity index (χ3n) is 8.47. The van der Waals surface area contributed by atoms with E-state index in [1.165, 1.54) is 0 Å². The van der Waals surface area contributed by atoms with Gasteiger partial charge in [0.1, 0.15) is 61.0 Å². The lowest BCUT2D eigenvalue weighted by molar-refractivity contribution is -2.00. The van der Waals surface area contributed by atoms with Gasteiger partial charge in [-0.1, -0.05) is 0 Å². The first kappa shape index (κ1) is 45.7. The molecule has 1 aromatic heterocycles. The minimum atomic E-state index is -4.94. The zero-order chi connectivity index (χ0) is 39.3. The molecule has 1 aromatic rings.